The molecule has 0 saturated heterocycles. The fourth-order valence-corrected chi connectivity index (χ4v) is 3.13. The third kappa shape index (κ3) is 3.06. The maximum absolute atomic E-state index is 12.5. The van der Waals surface area contributed by atoms with Crippen LogP contribution in [-0.4, -0.2) is 47.0 Å². The standard InChI is InChI=1S/C17H25NO6/c1-6-7-8-9-12-17(4,21)15(23-11(3)19)13-14(24-12)10(2)18(22-5)16(13)20/h12,15,21H,2,6-9H2,1,3-5H3/t12-,15-,17-/m0/s1. The molecule has 0 fully saturated rings. The van der Waals surface area contributed by atoms with Gasteiger partial charge in [-0.25, -0.2) is 0 Å². The largest absolute Gasteiger partial charge is 0.484 e. The van der Waals surface area contributed by atoms with Crippen molar-refractivity contribution >= 4 is 11.9 Å². The minimum Gasteiger partial charge on any atom is -0.484 e. The number of hydrogen-bond acceptors (Lipinski definition) is 6. The number of esters is 1. The molecule has 0 aromatic heterocycles. The molecule has 0 radical (unpaired) electrons. The SMILES string of the molecule is C=C1C2=C(C(=O)N1OC)[C@H](OC(C)=O)[C@@](C)(O)[C@H](CCCCC)O2. The highest BCUT2D eigenvalue weighted by Crippen LogP contribution is 2.44. The molecule has 7 nitrogen and oxygen atoms in total. The van der Waals surface area contributed by atoms with E-state index in [1.807, 2.05) is 0 Å². The fourth-order valence-electron chi connectivity index (χ4n) is 3.13. The first-order valence-electron chi connectivity index (χ1n) is 8.13. The van der Waals surface area contributed by atoms with Gasteiger partial charge in [-0.05, 0) is 19.8 Å². The van der Waals surface area contributed by atoms with Crippen molar-refractivity contribution < 1.29 is 29.0 Å². The first-order chi connectivity index (χ1) is 11.3. The highest BCUT2D eigenvalue weighted by molar-refractivity contribution is 6.00. The number of amides is 1. The zero-order valence-electron chi connectivity index (χ0n) is 14.6. The molecule has 2 aliphatic heterocycles. The van der Waals surface area contributed by atoms with Crippen LogP contribution in [0.1, 0.15) is 46.5 Å². The Bertz CT molecular complexity index is 580. The highest BCUT2D eigenvalue weighted by atomic mass is 16.7. The number of unbranched alkanes of at least 4 members (excludes halogenated alkanes) is 2. The normalized spacial score (nSPS) is 29.6. The Morgan fingerprint density at radius 2 is 2.12 bits per heavy atom. The predicted molar refractivity (Wildman–Crippen MR) is 85.2 cm³/mol. The lowest BCUT2D eigenvalue weighted by molar-refractivity contribution is -0.181. The molecule has 1 N–H and O–H groups in total. The molecule has 0 unspecified atom stereocenters. The molecule has 0 aliphatic carbocycles. The van der Waals surface area contributed by atoms with E-state index in [-0.39, 0.29) is 17.0 Å². The van der Waals surface area contributed by atoms with Gasteiger partial charge in [-0.2, -0.15) is 5.06 Å². The second kappa shape index (κ2) is 6.94. The summed E-state index contributed by atoms with van der Waals surface area (Å²) >= 11 is 0. The van der Waals surface area contributed by atoms with E-state index in [1.165, 1.54) is 21.0 Å². The molecule has 134 valence electrons. The maximum Gasteiger partial charge on any atom is 0.303 e. The number of carbonyl (C=O) groups is 2. The average Bonchev–Trinajstić information content (AvgIpc) is 2.73. The van der Waals surface area contributed by atoms with Gasteiger partial charge in [0.1, 0.15) is 23.0 Å². The molecule has 0 aromatic rings. The maximum atomic E-state index is 12.5. The van der Waals surface area contributed by atoms with Crippen molar-refractivity contribution in [3.63, 3.8) is 0 Å². The molecule has 0 saturated carbocycles. The number of carbonyl (C=O) groups excluding carboxylic acids is 2. The van der Waals surface area contributed by atoms with E-state index in [2.05, 4.69) is 13.5 Å². The van der Waals surface area contributed by atoms with Crippen LogP contribution in [0.4, 0.5) is 0 Å². The van der Waals surface area contributed by atoms with Crippen molar-refractivity contribution in [1.82, 2.24) is 5.06 Å². The van der Waals surface area contributed by atoms with E-state index in [4.69, 9.17) is 14.3 Å². The number of rotatable bonds is 6. The van der Waals surface area contributed by atoms with Crippen LogP contribution in [0.25, 0.3) is 0 Å². The highest BCUT2D eigenvalue weighted by Gasteiger charge is 2.56. The molecule has 0 bridgehead atoms. The van der Waals surface area contributed by atoms with Crippen LogP contribution in [0, 0.1) is 0 Å². The van der Waals surface area contributed by atoms with E-state index < -0.39 is 29.7 Å². The van der Waals surface area contributed by atoms with E-state index >= 15 is 0 Å². The smallest absolute Gasteiger partial charge is 0.303 e. The summed E-state index contributed by atoms with van der Waals surface area (Å²) in [6, 6.07) is 0. The zero-order valence-corrected chi connectivity index (χ0v) is 14.6. The van der Waals surface area contributed by atoms with Gasteiger partial charge in [0, 0.05) is 6.92 Å². The zero-order chi connectivity index (χ0) is 18.1. The molecule has 2 aliphatic rings. The van der Waals surface area contributed by atoms with Crippen molar-refractivity contribution in [2.75, 3.05) is 7.11 Å². The summed E-state index contributed by atoms with van der Waals surface area (Å²) in [6.45, 7) is 8.64. The summed E-state index contributed by atoms with van der Waals surface area (Å²) in [5, 5.41) is 12.0. The molecule has 2 heterocycles. The second-order valence-electron chi connectivity index (χ2n) is 6.29. The first kappa shape index (κ1) is 18.5. The Kier molecular flexibility index (Phi) is 5.35. The lowest BCUT2D eigenvalue weighted by Crippen LogP contribution is -2.56. The Hall–Kier alpha value is -1.86. The molecule has 7 heteroatoms. The quantitative estimate of drug-likeness (QED) is 0.587. The van der Waals surface area contributed by atoms with Gasteiger partial charge in [0.05, 0.1) is 7.11 Å². The third-order valence-corrected chi connectivity index (χ3v) is 4.41. The van der Waals surface area contributed by atoms with Gasteiger partial charge in [-0.1, -0.05) is 26.3 Å². The van der Waals surface area contributed by atoms with Gasteiger partial charge in [0.2, 0.25) is 0 Å². The molecular formula is C17H25NO6. The number of nitrogens with zero attached hydrogens (tertiary/aromatic N) is 1. The van der Waals surface area contributed by atoms with Crippen LogP contribution in [0.5, 0.6) is 0 Å². The Morgan fingerprint density at radius 3 is 2.67 bits per heavy atom. The minimum atomic E-state index is -1.53. The van der Waals surface area contributed by atoms with Crippen LogP contribution >= 0.6 is 0 Å². The minimum absolute atomic E-state index is 0.0637. The van der Waals surface area contributed by atoms with Gasteiger partial charge in [0.15, 0.2) is 11.9 Å². The first-order valence-corrected chi connectivity index (χ1v) is 8.13. The fraction of sp³-hybridized carbons (Fsp3) is 0.647. The van der Waals surface area contributed by atoms with E-state index in [9.17, 15) is 14.7 Å². The number of hydroxylamine groups is 2. The Morgan fingerprint density at radius 1 is 1.46 bits per heavy atom. The predicted octanol–water partition coefficient (Wildman–Crippen LogP) is 1.82. The van der Waals surface area contributed by atoms with Gasteiger partial charge < -0.3 is 14.6 Å². The monoisotopic (exact) mass is 339 g/mol. The van der Waals surface area contributed by atoms with Crippen LogP contribution in [-0.2, 0) is 23.9 Å². The molecule has 2 rings (SSSR count). The molecule has 3 atom stereocenters. The molecule has 0 spiro atoms. The molecular weight excluding hydrogens is 314 g/mol. The topological polar surface area (TPSA) is 85.3 Å². The van der Waals surface area contributed by atoms with Gasteiger partial charge in [0.25, 0.3) is 5.91 Å². The van der Waals surface area contributed by atoms with Gasteiger partial charge >= 0.3 is 5.97 Å². The van der Waals surface area contributed by atoms with Crippen LogP contribution in [0.2, 0.25) is 0 Å². The summed E-state index contributed by atoms with van der Waals surface area (Å²) in [7, 11) is 1.33. The number of ether oxygens (including phenoxy) is 2. The summed E-state index contributed by atoms with van der Waals surface area (Å²) in [5.41, 5.74) is -1.22. The molecule has 1 amide bonds. The summed E-state index contributed by atoms with van der Waals surface area (Å²) in [5.74, 6) is -0.909. The molecule has 24 heavy (non-hydrogen) atoms. The third-order valence-electron chi connectivity index (χ3n) is 4.41. The van der Waals surface area contributed by atoms with Crippen molar-refractivity contribution in [2.24, 2.45) is 0 Å². The van der Waals surface area contributed by atoms with Crippen molar-refractivity contribution in [1.29, 1.82) is 0 Å². The Labute approximate surface area is 141 Å². The summed E-state index contributed by atoms with van der Waals surface area (Å²) < 4.78 is 11.2. The van der Waals surface area contributed by atoms with Crippen molar-refractivity contribution in [3.8, 4) is 0 Å². The lowest BCUT2D eigenvalue weighted by Gasteiger charge is -2.42. The van der Waals surface area contributed by atoms with Crippen molar-refractivity contribution in [3.05, 3.63) is 23.6 Å². The van der Waals surface area contributed by atoms with Crippen LogP contribution in [0.3, 0.4) is 0 Å². The van der Waals surface area contributed by atoms with Gasteiger partial charge in [-0.3, -0.25) is 14.4 Å². The number of aliphatic hydroxyl groups is 1. The van der Waals surface area contributed by atoms with E-state index in [1.54, 1.807) is 0 Å². The van der Waals surface area contributed by atoms with Gasteiger partial charge in [-0.15, -0.1) is 0 Å². The van der Waals surface area contributed by atoms with E-state index in [0.29, 0.717) is 6.42 Å². The van der Waals surface area contributed by atoms with E-state index in [0.717, 1.165) is 24.3 Å². The lowest BCUT2D eigenvalue weighted by atomic mass is 9.82. The Balaban J connectivity index is 2.41. The summed E-state index contributed by atoms with van der Waals surface area (Å²) in [6.07, 6.45) is 1.69. The average molecular weight is 339 g/mol. The number of hydrogen-bond donors (Lipinski definition) is 1. The van der Waals surface area contributed by atoms with Crippen LogP contribution in [0.15, 0.2) is 23.6 Å². The second-order valence-corrected chi connectivity index (χ2v) is 6.29. The van der Waals surface area contributed by atoms with Crippen molar-refractivity contribution in [2.45, 2.75) is 64.3 Å². The summed E-state index contributed by atoms with van der Waals surface area (Å²) in [4.78, 5) is 29.1. The van der Waals surface area contributed by atoms with Crippen LogP contribution < -0.4 is 0 Å². The molecule has 0 aromatic carbocycles.